The fourth-order valence-corrected chi connectivity index (χ4v) is 1.49. The highest BCUT2D eigenvalue weighted by molar-refractivity contribution is 5.80. The molecule has 0 bridgehead atoms. The molecule has 6 heteroatoms. The van der Waals surface area contributed by atoms with Crippen LogP contribution in [0.1, 0.15) is 20.8 Å². The zero-order valence-electron chi connectivity index (χ0n) is 9.93. The molecule has 3 nitrogen and oxygen atoms in total. The molecule has 0 radical (unpaired) electrons. The molecule has 0 saturated heterocycles. The van der Waals surface area contributed by atoms with Crippen molar-refractivity contribution < 1.29 is 13.2 Å². The molecule has 0 amide bonds. The Balaban J connectivity index is 4.54. The summed E-state index contributed by atoms with van der Waals surface area (Å²) < 4.78 is 37.7. The molecule has 0 aliphatic rings. The van der Waals surface area contributed by atoms with Crippen molar-refractivity contribution in [3.63, 3.8) is 0 Å². The molecule has 0 aromatic heterocycles. The zero-order chi connectivity index (χ0) is 12.9. The minimum atomic E-state index is -4.43. The minimum absolute atomic E-state index is 0.229. The first-order chi connectivity index (χ1) is 7.18. The molecule has 1 atom stereocenters. The third kappa shape index (κ3) is 5.34. The smallest absolute Gasteiger partial charge is 0.387 e. The molecule has 1 unspecified atom stereocenters. The van der Waals surface area contributed by atoms with E-state index >= 15 is 0 Å². The largest absolute Gasteiger partial charge is 0.399 e. The zero-order valence-corrected chi connectivity index (χ0v) is 9.93. The van der Waals surface area contributed by atoms with Crippen LogP contribution in [0.3, 0.4) is 0 Å². The number of nitrogens with one attached hydrogen (secondary N) is 1. The van der Waals surface area contributed by atoms with Crippen molar-refractivity contribution in [1.29, 1.82) is 5.41 Å². The average molecular weight is 239 g/mol. The Hall–Kier alpha value is -0.780. The number of hydrogen-bond acceptors (Lipinski definition) is 2. The second-order valence-corrected chi connectivity index (χ2v) is 4.30. The van der Waals surface area contributed by atoms with Gasteiger partial charge >= 0.3 is 6.18 Å². The summed E-state index contributed by atoms with van der Waals surface area (Å²) in [6.45, 7) is 6.57. The van der Waals surface area contributed by atoms with Crippen molar-refractivity contribution in [3.05, 3.63) is 0 Å². The molecular weight excluding hydrogens is 219 g/mol. The first-order valence-electron chi connectivity index (χ1n) is 5.31. The summed E-state index contributed by atoms with van der Waals surface area (Å²) in [5.74, 6) is -2.37. The van der Waals surface area contributed by atoms with E-state index in [0.717, 1.165) is 0 Å². The Bertz CT molecular complexity index is 226. The number of hydrogen-bond donors (Lipinski definition) is 2. The summed E-state index contributed by atoms with van der Waals surface area (Å²) in [7, 11) is 0. The van der Waals surface area contributed by atoms with E-state index in [1.165, 1.54) is 0 Å². The van der Waals surface area contributed by atoms with Gasteiger partial charge in [0.15, 0.2) is 0 Å². The topological polar surface area (TPSA) is 53.1 Å². The van der Waals surface area contributed by atoms with Crippen molar-refractivity contribution in [2.24, 2.45) is 17.6 Å². The third-order valence-corrected chi connectivity index (χ3v) is 2.28. The first kappa shape index (κ1) is 15.2. The van der Waals surface area contributed by atoms with Crippen LogP contribution in [0.2, 0.25) is 0 Å². The Morgan fingerprint density at radius 1 is 1.31 bits per heavy atom. The molecule has 0 aliphatic heterocycles. The van der Waals surface area contributed by atoms with E-state index in [9.17, 15) is 13.2 Å². The van der Waals surface area contributed by atoms with Crippen molar-refractivity contribution in [2.45, 2.75) is 26.9 Å². The monoisotopic (exact) mass is 239 g/mol. The van der Waals surface area contributed by atoms with Crippen molar-refractivity contribution in [2.75, 3.05) is 19.6 Å². The lowest BCUT2D eigenvalue weighted by atomic mass is 10.1. The number of nitrogens with two attached hydrogens (primary N) is 1. The fourth-order valence-electron chi connectivity index (χ4n) is 1.49. The van der Waals surface area contributed by atoms with E-state index in [1.807, 2.05) is 13.8 Å². The van der Waals surface area contributed by atoms with Crippen molar-refractivity contribution >= 4 is 5.84 Å². The van der Waals surface area contributed by atoms with Gasteiger partial charge in [0.1, 0.15) is 11.8 Å². The summed E-state index contributed by atoms with van der Waals surface area (Å²) in [4.78, 5) is 1.67. The van der Waals surface area contributed by atoms with Gasteiger partial charge in [-0.15, -0.1) is 0 Å². The molecule has 0 spiro atoms. The van der Waals surface area contributed by atoms with E-state index in [1.54, 1.807) is 11.8 Å². The van der Waals surface area contributed by atoms with Crippen LogP contribution in [0.15, 0.2) is 0 Å². The van der Waals surface area contributed by atoms with Crippen molar-refractivity contribution in [3.8, 4) is 0 Å². The van der Waals surface area contributed by atoms with Gasteiger partial charge in [-0.2, -0.15) is 13.2 Å². The van der Waals surface area contributed by atoms with Crippen LogP contribution in [-0.2, 0) is 0 Å². The van der Waals surface area contributed by atoms with Crippen LogP contribution < -0.4 is 5.73 Å². The van der Waals surface area contributed by atoms with E-state index in [4.69, 9.17) is 11.1 Å². The number of halogens is 3. The maximum Gasteiger partial charge on any atom is 0.399 e. The van der Waals surface area contributed by atoms with Gasteiger partial charge in [-0.05, 0) is 12.5 Å². The second kappa shape index (κ2) is 6.08. The minimum Gasteiger partial charge on any atom is -0.387 e. The summed E-state index contributed by atoms with van der Waals surface area (Å²) in [6.07, 6.45) is -4.43. The number of nitrogens with zero attached hydrogens (tertiary/aromatic N) is 1. The van der Waals surface area contributed by atoms with E-state index in [0.29, 0.717) is 19.0 Å². The maximum atomic E-state index is 12.6. The SMILES string of the molecule is CCN(CC(C)C)CC(C(=N)N)C(F)(F)F. The van der Waals surface area contributed by atoms with Crippen LogP contribution in [0.5, 0.6) is 0 Å². The van der Waals surface area contributed by atoms with Gasteiger partial charge in [-0.1, -0.05) is 20.8 Å². The lowest BCUT2D eigenvalue weighted by molar-refractivity contribution is -0.160. The van der Waals surface area contributed by atoms with E-state index in [-0.39, 0.29) is 6.54 Å². The third-order valence-electron chi connectivity index (χ3n) is 2.28. The highest BCUT2D eigenvalue weighted by Gasteiger charge is 2.42. The maximum absolute atomic E-state index is 12.6. The van der Waals surface area contributed by atoms with E-state index in [2.05, 4.69) is 0 Å². The molecule has 96 valence electrons. The van der Waals surface area contributed by atoms with Crippen molar-refractivity contribution in [1.82, 2.24) is 4.90 Å². The molecule has 0 fully saturated rings. The molecule has 0 saturated carbocycles. The Morgan fingerprint density at radius 3 is 2.06 bits per heavy atom. The summed E-state index contributed by atoms with van der Waals surface area (Å²) in [5, 5.41) is 6.99. The highest BCUT2D eigenvalue weighted by Crippen LogP contribution is 2.27. The fraction of sp³-hybridized carbons (Fsp3) is 0.900. The van der Waals surface area contributed by atoms with Crippen LogP contribution in [0.4, 0.5) is 13.2 Å². The van der Waals surface area contributed by atoms with Gasteiger partial charge in [-0.3, -0.25) is 5.41 Å². The molecule has 16 heavy (non-hydrogen) atoms. The summed E-state index contributed by atoms with van der Waals surface area (Å²) in [6, 6.07) is 0. The van der Waals surface area contributed by atoms with Gasteiger partial charge in [0.05, 0.1) is 0 Å². The molecule has 0 aliphatic carbocycles. The van der Waals surface area contributed by atoms with Crippen LogP contribution in [-0.4, -0.2) is 36.5 Å². The molecule has 0 aromatic rings. The predicted molar refractivity (Wildman–Crippen MR) is 58.4 cm³/mol. The predicted octanol–water partition coefficient (Wildman–Crippen LogP) is 2.08. The van der Waals surface area contributed by atoms with Gasteiger partial charge in [0.25, 0.3) is 0 Å². The first-order valence-corrected chi connectivity index (χ1v) is 5.31. The number of alkyl halides is 3. The van der Waals surface area contributed by atoms with Gasteiger partial charge in [0.2, 0.25) is 0 Å². The lowest BCUT2D eigenvalue weighted by Gasteiger charge is -2.28. The molecule has 0 rings (SSSR count). The molecular formula is C10H20F3N3. The van der Waals surface area contributed by atoms with Crippen LogP contribution in [0.25, 0.3) is 0 Å². The second-order valence-electron chi connectivity index (χ2n) is 4.30. The van der Waals surface area contributed by atoms with E-state index < -0.39 is 17.9 Å². The molecule has 3 N–H and O–H groups in total. The summed E-state index contributed by atoms with van der Waals surface area (Å²) >= 11 is 0. The molecule has 0 aromatic carbocycles. The normalized spacial score (nSPS) is 14.5. The standard InChI is InChI=1S/C10H20F3N3/c1-4-16(5-7(2)3)6-8(9(14)15)10(11,12)13/h7-8H,4-6H2,1-3H3,(H3,14,15). The Morgan fingerprint density at radius 2 is 1.81 bits per heavy atom. The van der Waals surface area contributed by atoms with Gasteiger partial charge in [0, 0.05) is 13.1 Å². The quantitative estimate of drug-likeness (QED) is 0.550. The van der Waals surface area contributed by atoms with Gasteiger partial charge < -0.3 is 10.6 Å². The highest BCUT2D eigenvalue weighted by atomic mass is 19.4. The van der Waals surface area contributed by atoms with Crippen LogP contribution >= 0.6 is 0 Å². The average Bonchev–Trinajstić information content (AvgIpc) is 2.08. The molecule has 0 heterocycles. The Kier molecular flexibility index (Phi) is 5.78. The van der Waals surface area contributed by atoms with Crippen LogP contribution in [0, 0.1) is 17.2 Å². The number of rotatable bonds is 6. The number of amidine groups is 1. The Labute approximate surface area is 94.3 Å². The lowest BCUT2D eigenvalue weighted by Crippen LogP contribution is -2.44. The van der Waals surface area contributed by atoms with Gasteiger partial charge in [-0.25, -0.2) is 0 Å². The summed E-state index contributed by atoms with van der Waals surface area (Å²) in [5.41, 5.74) is 4.99.